The zero-order valence-corrected chi connectivity index (χ0v) is 10.3. The van der Waals surface area contributed by atoms with Crippen molar-refractivity contribution in [2.75, 3.05) is 12.4 Å². The van der Waals surface area contributed by atoms with Crippen molar-refractivity contribution >= 4 is 10.0 Å². The fraction of sp³-hybridized carbons (Fsp3) is 0.667. The van der Waals surface area contributed by atoms with Crippen molar-refractivity contribution in [1.29, 1.82) is 0 Å². The van der Waals surface area contributed by atoms with Crippen LogP contribution >= 0.6 is 0 Å². The van der Waals surface area contributed by atoms with E-state index in [1.807, 2.05) is 6.92 Å². The zero-order valence-electron chi connectivity index (χ0n) is 9.47. The second kappa shape index (κ2) is 5.42. The summed E-state index contributed by atoms with van der Waals surface area (Å²) in [4.78, 5) is 0. The lowest BCUT2D eigenvalue weighted by Crippen LogP contribution is -2.27. The van der Waals surface area contributed by atoms with E-state index >= 15 is 0 Å². The minimum absolute atomic E-state index is 0.222. The number of nitrogens with one attached hydrogen (secondary N) is 1. The van der Waals surface area contributed by atoms with Gasteiger partial charge in [0.2, 0.25) is 10.0 Å². The van der Waals surface area contributed by atoms with Crippen molar-refractivity contribution in [3.8, 4) is 0 Å². The molecule has 0 atom stereocenters. The van der Waals surface area contributed by atoms with Crippen molar-refractivity contribution in [3.05, 3.63) is 17.5 Å². The maximum atomic E-state index is 11.3. The largest absolute Gasteiger partial charge is 0.395 e. The summed E-state index contributed by atoms with van der Waals surface area (Å²) in [5.74, 6) is -0.269. The molecule has 7 heteroatoms. The molecule has 0 saturated heterocycles. The van der Waals surface area contributed by atoms with Gasteiger partial charge in [-0.15, -0.1) is 0 Å². The van der Waals surface area contributed by atoms with Crippen LogP contribution in [-0.4, -0.2) is 35.7 Å². The number of aromatic nitrogens is 2. The Hall–Kier alpha value is -0.920. The Morgan fingerprint density at radius 3 is 2.81 bits per heavy atom. The molecule has 1 rings (SSSR count). The van der Waals surface area contributed by atoms with Gasteiger partial charge in [0.25, 0.3) is 0 Å². The quantitative estimate of drug-likeness (QED) is 0.702. The fourth-order valence-electron chi connectivity index (χ4n) is 1.41. The molecule has 1 heterocycles. The van der Waals surface area contributed by atoms with Crippen LogP contribution in [0.3, 0.4) is 0 Å². The Kier molecular flexibility index (Phi) is 4.45. The van der Waals surface area contributed by atoms with Gasteiger partial charge >= 0.3 is 0 Å². The maximum Gasteiger partial charge on any atom is 0.214 e. The molecule has 0 aliphatic heterocycles. The van der Waals surface area contributed by atoms with Crippen LogP contribution < -0.4 is 4.72 Å². The Morgan fingerprint density at radius 2 is 2.25 bits per heavy atom. The van der Waals surface area contributed by atoms with E-state index in [-0.39, 0.29) is 18.9 Å². The topological polar surface area (TPSA) is 84.2 Å². The molecule has 0 bridgehead atoms. The van der Waals surface area contributed by atoms with Crippen molar-refractivity contribution in [3.63, 3.8) is 0 Å². The molecule has 2 N–H and O–H groups in total. The second-order valence-electron chi connectivity index (χ2n) is 3.49. The molecule has 1 aromatic rings. The van der Waals surface area contributed by atoms with Gasteiger partial charge in [0.15, 0.2) is 0 Å². The monoisotopic (exact) mass is 247 g/mol. The average Bonchev–Trinajstić information content (AvgIpc) is 2.56. The zero-order chi connectivity index (χ0) is 12.2. The van der Waals surface area contributed by atoms with Gasteiger partial charge in [-0.3, -0.25) is 4.68 Å². The summed E-state index contributed by atoms with van der Waals surface area (Å²) in [6.45, 7) is 1.82. The van der Waals surface area contributed by atoms with E-state index in [0.29, 0.717) is 0 Å². The van der Waals surface area contributed by atoms with Gasteiger partial charge in [-0.05, 0) is 6.42 Å². The molecule has 0 spiro atoms. The van der Waals surface area contributed by atoms with Crippen LogP contribution in [0, 0.1) is 0 Å². The normalized spacial score (nSPS) is 11.9. The van der Waals surface area contributed by atoms with Gasteiger partial charge in [0, 0.05) is 25.4 Å². The summed E-state index contributed by atoms with van der Waals surface area (Å²) >= 11 is 0. The fourth-order valence-corrected chi connectivity index (χ4v) is 2.17. The molecular weight excluding hydrogens is 230 g/mol. The molecule has 0 aliphatic rings. The lowest BCUT2D eigenvalue weighted by Gasteiger charge is -2.04. The summed E-state index contributed by atoms with van der Waals surface area (Å²) < 4.78 is 26.7. The predicted molar refractivity (Wildman–Crippen MR) is 60.3 cm³/mol. The summed E-state index contributed by atoms with van der Waals surface area (Å²) in [6, 6.07) is 0. The molecule has 16 heavy (non-hydrogen) atoms. The number of sulfonamides is 1. The lowest BCUT2D eigenvalue weighted by molar-refractivity contribution is 0.319. The predicted octanol–water partition coefficient (Wildman–Crippen LogP) is -0.606. The molecule has 0 unspecified atom stereocenters. The Labute approximate surface area is 95.3 Å². The van der Waals surface area contributed by atoms with Crippen LogP contribution in [0.2, 0.25) is 0 Å². The molecule has 0 radical (unpaired) electrons. The van der Waals surface area contributed by atoms with E-state index in [0.717, 1.165) is 17.7 Å². The van der Waals surface area contributed by atoms with Crippen LogP contribution in [0.1, 0.15) is 18.2 Å². The van der Waals surface area contributed by atoms with Crippen molar-refractivity contribution < 1.29 is 13.5 Å². The first-order valence-electron chi connectivity index (χ1n) is 5.08. The number of nitrogens with zero attached hydrogens (tertiary/aromatic N) is 2. The highest BCUT2D eigenvalue weighted by atomic mass is 32.2. The summed E-state index contributed by atoms with van der Waals surface area (Å²) in [5, 5.41) is 12.8. The average molecular weight is 247 g/mol. The molecule has 6 nitrogen and oxygen atoms in total. The van der Waals surface area contributed by atoms with Gasteiger partial charge in [-0.2, -0.15) is 5.10 Å². The molecule has 1 aromatic heterocycles. The molecule has 0 aliphatic carbocycles. The number of rotatable bonds is 6. The summed E-state index contributed by atoms with van der Waals surface area (Å²) in [6.07, 6.45) is 2.55. The van der Waals surface area contributed by atoms with Gasteiger partial charge in [-0.25, -0.2) is 13.1 Å². The summed E-state index contributed by atoms with van der Waals surface area (Å²) in [5.41, 5.74) is 1.75. The molecule has 92 valence electrons. The van der Waals surface area contributed by atoms with Crippen molar-refractivity contribution in [2.24, 2.45) is 7.05 Å². The number of aliphatic hydroxyl groups excluding tert-OH is 1. The van der Waals surface area contributed by atoms with Crippen molar-refractivity contribution in [2.45, 2.75) is 19.9 Å². The first-order valence-corrected chi connectivity index (χ1v) is 6.73. The highest BCUT2D eigenvalue weighted by Crippen LogP contribution is 2.07. The van der Waals surface area contributed by atoms with E-state index in [4.69, 9.17) is 5.11 Å². The SMILES string of the molecule is CCc1nn(C)cc1CNS(=O)(=O)CCO. The lowest BCUT2D eigenvalue weighted by atomic mass is 10.2. The third-order valence-corrected chi connectivity index (χ3v) is 3.47. The minimum atomic E-state index is -3.38. The number of aliphatic hydroxyl groups is 1. The molecular formula is C9H17N3O3S. The summed E-state index contributed by atoms with van der Waals surface area (Å²) in [7, 11) is -1.59. The van der Waals surface area contributed by atoms with Crippen LogP contribution in [0.25, 0.3) is 0 Å². The minimum Gasteiger partial charge on any atom is -0.395 e. The van der Waals surface area contributed by atoms with E-state index in [1.54, 1.807) is 17.9 Å². The highest BCUT2D eigenvalue weighted by molar-refractivity contribution is 7.89. The Morgan fingerprint density at radius 1 is 1.56 bits per heavy atom. The molecule has 0 amide bonds. The van der Waals surface area contributed by atoms with Crippen molar-refractivity contribution in [1.82, 2.24) is 14.5 Å². The van der Waals surface area contributed by atoms with Gasteiger partial charge < -0.3 is 5.11 Å². The van der Waals surface area contributed by atoms with E-state index in [9.17, 15) is 8.42 Å². The van der Waals surface area contributed by atoms with Gasteiger partial charge in [0.05, 0.1) is 18.1 Å². The standard InChI is InChI=1S/C9H17N3O3S/c1-3-9-8(7-12(2)11-9)6-10-16(14,15)5-4-13/h7,10,13H,3-6H2,1-2H3. The van der Waals surface area contributed by atoms with Crippen LogP contribution in [0.5, 0.6) is 0 Å². The highest BCUT2D eigenvalue weighted by Gasteiger charge is 2.11. The maximum absolute atomic E-state index is 11.3. The number of hydrogen-bond donors (Lipinski definition) is 2. The number of hydrogen-bond acceptors (Lipinski definition) is 4. The van der Waals surface area contributed by atoms with E-state index in [1.165, 1.54) is 0 Å². The first-order chi connectivity index (χ1) is 7.48. The molecule has 0 fully saturated rings. The number of aryl methyl sites for hydroxylation is 2. The first kappa shape index (κ1) is 13.1. The third-order valence-electron chi connectivity index (χ3n) is 2.17. The van der Waals surface area contributed by atoms with Gasteiger partial charge in [-0.1, -0.05) is 6.92 Å². The molecule has 0 aromatic carbocycles. The van der Waals surface area contributed by atoms with Crippen LogP contribution in [0.15, 0.2) is 6.20 Å². The smallest absolute Gasteiger partial charge is 0.214 e. The van der Waals surface area contributed by atoms with E-state index < -0.39 is 10.0 Å². The second-order valence-corrected chi connectivity index (χ2v) is 5.42. The Balaban J connectivity index is 2.67. The van der Waals surface area contributed by atoms with Gasteiger partial charge in [0.1, 0.15) is 0 Å². The van der Waals surface area contributed by atoms with E-state index in [2.05, 4.69) is 9.82 Å². The molecule has 0 saturated carbocycles. The van der Waals surface area contributed by atoms with Crippen LogP contribution in [-0.2, 0) is 30.0 Å². The Bertz CT molecular complexity index is 439. The third kappa shape index (κ3) is 3.58. The van der Waals surface area contributed by atoms with Crippen LogP contribution in [0.4, 0.5) is 0 Å².